The maximum atomic E-state index is 11.7. The van der Waals surface area contributed by atoms with E-state index < -0.39 is 0 Å². The van der Waals surface area contributed by atoms with Gasteiger partial charge in [0.15, 0.2) is 0 Å². The van der Waals surface area contributed by atoms with E-state index >= 15 is 0 Å². The van der Waals surface area contributed by atoms with Crippen molar-refractivity contribution in [2.45, 2.75) is 13.8 Å². The summed E-state index contributed by atoms with van der Waals surface area (Å²) >= 11 is 5.89. The smallest absolute Gasteiger partial charge is 0.251 e. The summed E-state index contributed by atoms with van der Waals surface area (Å²) in [6.45, 7) is 6.26. The summed E-state index contributed by atoms with van der Waals surface area (Å²) < 4.78 is 0. The molecular weight excluding hydrogens is 224 g/mol. The molecule has 0 aliphatic rings. The van der Waals surface area contributed by atoms with Gasteiger partial charge < -0.3 is 10.6 Å². The van der Waals surface area contributed by atoms with Gasteiger partial charge in [-0.1, -0.05) is 18.5 Å². The monoisotopic (exact) mass is 240 g/mol. The normalized spacial score (nSPS) is 10.2. The number of likely N-dealkylation sites (N-methyl/N-ethyl adjacent to an activating group) is 1. The number of amides is 1. The van der Waals surface area contributed by atoms with Crippen molar-refractivity contribution in [3.05, 3.63) is 34.3 Å². The molecule has 0 radical (unpaired) electrons. The number of benzene rings is 1. The van der Waals surface area contributed by atoms with Gasteiger partial charge in [0.2, 0.25) is 0 Å². The van der Waals surface area contributed by atoms with Crippen molar-refractivity contribution in [2.24, 2.45) is 0 Å². The molecule has 4 heteroatoms. The molecule has 16 heavy (non-hydrogen) atoms. The minimum Gasteiger partial charge on any atom is -0.351 e. The van der Waals surface area contributed by atoms with Crippen LogP contribution >= 0.6 is 11.6 Å². The Morgan fingerprint density at radius 2 is 2.06 bits per heavy atom. The molecule has 0 aromatic heterocycles. The zero-order valence-electron chi connectivity index (χ0n) is 9.64. The molecule has 1 aromatic carbocycles. The Kier molecular flexibility index (Phi) is 5.29. The second-order valence-electron chi connectivity index (χ2n) is 3.63. The Balaban J connectivity index is 2.52. The fourth-order valence-electron chi connectivity index (χ4n) is 1.41. The van der Waals surface area contributed by atoms with Crippen LogP contribution in [0.25, 0.3) is 0 Å². The lowest BCUT2D eigenvalue weighted by Gasteiger charge is -2.06. The molecule has 0 aliphatic carbocycles. The highest BCUT2D eigenvalue weighted by molar-refractivity contribution is 6.31. The van der Waals surface area contributed by atoms with Crippen molar-refractivity contribution in [2.75, 3.05) is 19.6 Å². The van der Waals surface area contributed by atoms with E-state index in [4.69, 9.17) is 11.6 Å². The Morgan fingerprint density at radius 1 is 1.31 bits per heavy atom. The maximum Gasteiger partial charge on any atom is 0.251 e. The van der Waals surface area contributed by atoms with E-state index in [9.17, 15) is 4.79 Å². The molecule has 0 heterocycles. The SMILES string of the molecule is CCNCCNC(=O)c1cc(C)cc(Cl)c1. The van der Waals surface area contributed by atoms with Crippen LogP contribution in [0.4, 0.5) is 0 Å². The lowest BCUT2D eigenvalue weighted by atomic mass is 10.1. The minimum atomic E-state index is -0.0801. The first kappa shape index (κ1) is 13.0. The van der Waals surface area contributed by atoms with Crippen molar-refractivity contribution in [3.8, 4) is 0 Å². The van der Waals surface area contributed by atoms with Gasteiger partial charge in [-0.05, 0) is 37.2 Å². The summed E-state index contributed by atoms with van der Waals surface area (Å²) in [5.41, 5.74) is 1.60. The molecule has 0 fully saturated rings. The van der Waals surface area contributed by atoms with Crippen molar-refractivity contribution in [1.29, 1.82) is 0 Å². The Morgan fingerprint density at radius 3 is 2.69 bits per heavy atom. The lowest BCUT2D eigenvalue weighted by Crippen LogP contribution is -2.31. The molecule has 0 spiro atoms. The minimum absolute atomic E-state index is 0.0801. The van der Waals surface area contributed by atoms with E-state index in [0.29, 0.717) is 17.1 Å². The summed E-state index contributed by atoms with van der Waals surface area (Å²) in [6, 6.07) is 5.34. The molecule has 0 bridgehead atoms. The molecule has 0 unspecified atom stereocenters. The van der Waals surface area contributed by atoms with Gasteiger partial charge in [0, 0.05) is 23.7 Å². The van der Waals surface area contributed by atoms with Gasteiger partial charge in [-0.15, -0.1) is 0 Å². The second kappa shape index (κ2) is 6.51. The fraction of sp³-hybridized carbons (Fsp3) is 0.417. The van der Waals surface area contributed by atoms with Gasteiger partial charge in [-0.2, -0.15) is 0 Å². The Bertz CT molecular complexity index is 346. The number of rotatable bonds is 5. The first-order chi connectivity index (χ1) is 7.63. The molecule has 1 amide bonds. The number of halogens is 1. The Labute approximate surface area is 101 Å². The van der Waals surface area contributed by atoms with E-state index in [0.717, 1.165) is 18.7 Å². The van der Waals surface area contributed by atoms with Crippen LogP contribution in [0.5, 0.6) is 0 Å². The van der Waals surface area contributed by atoms with Crippen LogP contribution in [-0.4, -0.2) is 25.5 Å². The van der Waals surface area contributed by atoms with Gasteiger partial charge in [0.25, 0.3) is 5.91 Å². The molecule has 0 saturated carbocycles. The molecule has 88 valence electrons. The number of carbonyl (C=O) groups is 1. The lowest BCUT2D eigenvalue weighted by molar-refractivity contribution is 0.0954. The van der Waals surface area contributed by atoms with Crippen LogP contribution in [0, 0.1) is 6.92 Å². The standard InChI is InChI=1S/C12H17ClN2O/c1-3-14-4-5-15-12(16)10-6-9(2)7-11(13)8-10/h6-8,14H,3-5H2,1-2H3,(H,15,16). The highest BCUT2D eigenvalue weighted by atomic mass is 35.5. The van der Waals surface area contributed by atoms with Gasteiger partial charge in [-0.25, -0.2) is 0 Å². The van der Waals surface area contributed by atoms with Crippen LogP contribution in [-0.2, 0) is 0 Å². The predicted molar refractivity (Wildman–Crippen MR) is 67.1 cm³/mol. The predicted octanol–water partition coefficient (Wildman–Crippen LogP) is 1.99. The summed E-state index contributed by atoms with van der Waals surface area (Å²) in [4.78, 5) is 11.7. The van der Waals surface area contributed by atoms with Crippen molar-refractivity contribution >= 4 is 17.5 Å². The first-order valence-electron chi connectivity index (χ1n) is 5.39. The van der Waals surface area contributed by atoms with E-state index in [2.05, 4.69) is 10.6 Å². The highest BCUT2D eigenvalue weighted by Crippen LogP contribution is 2.14. The van der Waals surface area contributed by atoms with Crippen LogP contribution < -0.4 is 10.6 Å². The number of hydrogen-bond acceptors (Lipinski definition) is 2. The molecule has 0 aliphatic heterocycles. The first-order valence-corrected chi connectivity index (χ1v) is 5.77. The zero-order valence-corrected chi connectivity index (χ0v) is 10.4. The molecule has 1 rings (SSSR count). The largest absolute Gasteiger partial charge is 0.351 e. The molecular formula is C12H17ClN2O. The van der Waals surface area contributed by atoms with Crippen LogP contribution in [0.2, 0.25) is 5.02 Å². The van der Waals surface area contributed by atoms with Gasteiger partial charge in [-0.3, -0.25) is 4.79 Å². The number of nitrogens with one attached hydrogen (secondary N) is 2. The van der Waals surface area contributed by atoms with Crippen LogP contribution in [0.3, 0.4) is 0 Å². The average molecular weight is 241 g/mol. The summed E-state index contributed by atoms with van der Waals surface area (Å²) in [6.07, 6.45) is 0. The summed E-state index contributed by atoms with van der Waals surface area (Å²) in [7, 11) is 0. The molecule has 1 aromatic rings. The van der Waals surface area contributed by atoms with Gasteiger partial charge >= 0.3 is 0 Å². The molecule has 3 nitrogen and oxygen atoms in total. The average Bonchev–Trinajstić information content (AvgIpc) is 2.22. The van der Waals surface area contributed by atoms with E-state index in [1.165, 1.54) is 0 Å². The quantitative estimate of drug-likeness (QED) is 0.773. The highest BCUT2D eigenvalue weighted by Gasteiger charge is 2.05. The number of hydrogen-bond donors (Lipinski definition) is 2. The Hall–Kier alpha value is -1.06. The molecule has 0 saturated heterocycles. The van der Waals surface area contributed by atoms with Crippen LogP contribution in [0.15, 0.2) is 18.2 Å². The number of aryl methyl sites for hydroxylation is 1. The second-order valence-corrected chi connectivity index (χ2v) is 4.06. The third-order valence-corrected chi connectivity index (χ3v) is 2.36. The van der Waals surface area contributed by atoms with E-state index in [1.807, 2.05) is 26.0 Å². The van der Waals surface area contributed by atoms with E-state index in [-0.39, 0.29) is 5.91 Å². The summed E-state index contributed by atoms with van der Waals surface area (Å²) in [5, 5.41) is 6.56. The third kappa shape index (κ3) is 4.21. The van der Waals surface area contributed by atoms with Gasteiger partial charge in [0.1, 0.15) is 0 Å². The number of carbonyl (C=O) groups excluding carboxylic acids is 1. The van der Waals surface area contributed by atoms with Gasteiger partial charge in [0.05, 0.1) is 0 Å². The molecule has 0 atom stereocenters. The summed E-state index contributed by atoms with van der Waals surface area (Å²) in [5.74, 6) is -0.0801. The fourth-order valence-corrected chi connectivity index (χ4v) is 1.70. The zero-order chi connectivity index (χ0) is 12.0. The maximum absolute atomic E-state index is 11.7. The van der Waals surface area contributed by atoms with Crippen LogP contribution in [0.1, 0.15) is 22.8 Å². The third-order valence-electron chi connectivity index (χ3n) is 2.14. The van der Waals surface area contributed by atoms with Crippen molar-refractivity contribution < 1.29 is 4.79 Å². The topological polar surface area (TPSA) is 41.1 Å². The van der Waals surface area contributed by atoms with E-state index in [1.54, 1.807) is 6.07 Å². The van der Waals surface area contributed by atoms with Crippen molar-refractivity contribution in [3.63, 3.8) is 0 Å². The molecule has 2 N–H and O–H groups in total. The van der Waals surface area contributed by atoms with Crippen molar-refractivity contribution in [1.82, 2.24) is 10.6 Å².